The fourth-order valence-corrected chi connectivity index (χ4v) is 1.40. The van der Waals surface area contributed by atoms with Crippen LogP contribution in [0.2, 0.25) is 0 Å². The Morgan fingerprint density at radius 1 is 1.59 bits per heavy atom. The van der Waals surface area contributed by atoms with Crippen molar-refractivity contribution >= 4 is 6.41 Å². The number of carbonyl (C=O) groups is 1. The molecule has 1 atom stereocenters. The van der Waals surface area contributed by atoms with E-state index in [4.69, 9.17) is 5.11 Å². The van der Waals surface area contributed by atoms with Crippen molar-refractivity contribution in [2.24, 2.45) is 0 Å². The molecule has 7 heteroatoms. The van der Waals surface area contributed by atoms with Crippen LogP contribution >= 0.6 is 0 Å². The molecule has 0 spiro atoms. The number of aryl methyl sites for hydroxylation is 2. The fourth-order valence-electron chi connectivity index (χ4n) is 1.40. The van der Waals surface area contributed by atoms with Gasteiger partial charge in [-0.2, -0.15) is 0 Å². The number of amides is 1. The summed E-state index contributed by atoms with van der Waals surface area (Å²) in [6.45, 7) is 1.71. The molecule has 0 saturated heterocycles. The van der Waals surface area contributed by atoms with Crippen molar-refractivity contribution in [2.45, 2.75) is 25.9 Å². The first-order chi connectivity index (χ1) is 8.08. The van der Waals surface area contributed by atoms with E-state index >= 15 is 0 Å². The van der Waals surface area contributed by atoms with E-state index in [1.807, 2.05) is 0 Å². The third-order valence-electron chi connectivity index (χ3n) is 2.43. The first kappa shape index (κ1) is 13.2. The molecule has 1 amide bonds. The number of H-pyrrole nitrogens is 1. The second kappa shape index (κ2) is 6.00. The van der Waals surface area contributed by atoms with E-state index in [2.05, 4.69) is 10.3 Å². The van der Waals surface area contributed by atoms with E-state index in [-0.39, 0.29) is 6.61 Å². The number of hydrogen-bond donors (Lipinski definition) is 3. The van der Waals surface area contributed by atoms with Crippen LogP contribution in [0.25, 0.3) is 0 Å². The minimum absolute atomic E-state index is 0.199. The summed E-state index contributed by atoms with van der Waals surface area (Å²) in [5, 5.41) is 11.4. The average molecular weight is 241 g/mol. The smallest absolute Gasteiger partial charge is 0.328 e. The van der Waals surface area contributed by atoms with Crippen molar-refractivity contribution in [1.29, 1.82) is 0 Å². The highest BCUT2D eigenvalue weighted by molar-refractivity contribution is 5.46. The number of rotatable bonds is 6. The van der Waals surface area contributed by atoms with Gasteiger partial charge < -0.3 is 15.0 Å². The standard InChI is InChI=1S/C10H15N3O4/c1-7-4-13(10(17)12-9(7)16)3-2-8(5-14)11-6-15/h4,6,8,14H,2-3,5H2,1H3,(H,11,15)(H,12,16,17)/t8-/m1/s1. The second-order valence-electron chi connectivity index (χ2n) is 3.72. The number of nitrogens with zero attached hydrogens (tertiary/aromatic N) is 1. The third-order valence-corrected chi connectivity index (χ3v) is 2.43. The summed E-state index contributed by atoms with van der Waals surface area (Å²) in [6, 6.07) is -0.397. The van der Waals surface area contributed by atoms with Crippen LogP contribution in [0.15, 0.2) is 15.8 Å². The lowest BCUT2D eigenvalue weighted by atomic mass is 10.2. The second-order valence-corrected chi connectivity index (χ2v) is 3.72. The van der Waals surface area contributed by atoms with E-state index in [0.29, 0.717) is 24.9 Å². The fraction of sp³-hybridized carbons (Fsp3) is 0.500. The Morgan fingerprint density at radius 2 is 2.29 bits per heavy atom. The lowest BCUT2D eigenvalue weighted by molar-refractivity contribution is -0.110. The molecule has 1 rings (SSSR count). The van der Waals surface area contributed by atoms with Gasteiger partial charge in [-0.1, -0.05) is 0 Å². The molecule has 0 bridgehead atoms. The Bertz CT molecular complexity index is 491. The maximum atomic E-state index is 11.4. The molecular weight excluding hydrogens is 226 g/mol. The van der Waals surface area contributed by atoms with Gasteiger partial charge in [0.2, 0.25) is 6.41 Å². The largest absolute Gasteiger partial charge is 0.394 e. The molecule has 0 unspecified atom stereocenters. The molecule has 0 saturated carbocycles. The van der Waals surface area contributed by atoms with Gasteiger partial charge in [0.05, 0.1) is 12.6 Å². The number of aromatic amines is 1. The van der Waals surface area contributed by atoms with Crippen molar-refractivity contribution in [2.75, 3.05) is 6.61 Å². The van der Waals surface area contributed by atoms with Crippen molar-refractivity contribution in [3.8, 4) is 0 Å². The van der Waals surface area contributed by atoms with Gasteiger partial charge in [-0.05, 0) is 13.3 Å². The summed E-state index contributed by atoms with van der Waals surface area (Å²) in [5.41, 5.74) is -0.465. The van der Waals surface area contributed by atoms with E-state index in [1.165, 1.54) is 10.8 Å². The van der Waals surface area contributed by atoms with E-state index in [9.17, 15) is 14.4 Å². The molecule has 0 aliphatic heterocycles. The van der Waals surface area contributed by atoms with Crippen LogP contribution in [0.5, 0.6) is 0 Å². The molecule has 0 aliphatic carbocycles. The van der Waals surface area contributed by atoms with Crippen molar-refractivity contribution in [3.05, 3.63) is 32.6 Å². The topological polar surface area (TPSA) is 104 Å². The van der Waals surface area contributed by atoms with E-state index in [0.717, 1.165) is 0 Å². The summed E-state index contributed by atoms with van der Waals surface area (Å²) < 4.78 is 1.34. The van der Waals surface area contributed by atoms with Crippen molar-refractivity contribution in [3.63, 3.8) is 0 Å². The minimum Gasteiger partial charge on any atom is -0.394 e. The first-order valence-corrected chi connectivity index (χ1v) is 5.19. The summed E-state index contributed by atoms with van der Waals surface area (Å²) in [4.78, 5) is 34.9. The molecule has 0 aromatic carbocycles. The molecular formula is C10H15N3O4. The maximum absolute atomic E-state index is 11.4. The molecule has 94 valence electrons. The van der Waals surface area contributed by atoms with Crippen LogP contribution in [-0.4, -0.2) is 33.7 Å². The first-order valence-electron chi connectivity index (χ1n) is 5.19. The predicted molar refractivity (Wildman–Crippen MR) is 60.8 cm³/mol. The predicted octanol–water partition coefficient (Wildman–Crippen LogP) is -1.66. The number of nitrogens with one attached hydrogen (secondary N) is 2. The highest BCUT2D eigenvalue weighted by Gasteiger charge is 2.07. The summed E-state index contributed by atoms with van der Waals surface area (Å²) in [6.07, 6.45) is 2.36. The summed E-state index contributed by atoms with van der Waals surface area (Å²) >= 11 is 0. The lowest BCUT2D eigenvalue weighted by Gasteiger charge is -2.13. The number of aromatic nitrogens is 2. The van der Waals surface area contributed by atoms with Gasteiger partial charge in [0.15, 0.2) is 0 Å². The monoisotopic (exact) mass is 241 g/mol. The van der Waals surface area contributed by atoms with Crippen LogP contribution in [0.1, 0.15) is 12.0 Å². The zero-order valence-electron chi connectivity index (χ0n) is 9.47. The van der Waals surface area contributed by atoms with Crippen LogP contribution < -0.4 is 16.6 Å². The summed E-state index contributed by atoms with van der Waals surface area (Å²) in [5.74, 6) is 0. The molecule has 0 fully saturated rings. The molecule has 1 aromatic rings. The quantitative estimate of drug-likeness (QED) is 0.518. The number of aliphatic hydroxyl groups is 1. The highest BCUT2D eigenvalue weighted by atomic mass is 16.3. The normalized spacial score (nSPS) is 12.1. The molecule has 1 heterocycles. The zero-order chi connectivity index (χ0) is 12.8. The van der Waals surface area contributed by atoms with Crippen LogP contribution in [0.4, 0.5) is 0 Å². The zero-order valence-corrected chi connectivity index (χ0v) is 9.47. The van der Waals surface area contributed by atoms with E-state index < -0.39 is 17.3 Å². The van der Waals surface area contributed by atoms with Gasteiger partial charge in [-0.3, -0.25) is 14.6 Å². The molecule has 7 nitrogen and oxygen atoms in total. The van der Waals surface area contributed by atoms with Gasteiger partial charge in [-0.15, -0.1) is 0 Å². The maximum Gasteiger partial charge on any atom is 0.328 e. The van der Waals surface area contributed by atoms with Gasteiger partial charge in [-0.25, -0.2) is 4.79 Å². The minimum atomic E-state index is -0.497. The summed E-state index contributed by atoms with van der Waals surface area (Å²) in [7, 11) is 0. The van der Waals surface area contributed by atoms with Crippen LogP contribution in [-0.2, 0) is 11.3 Å². The van der Waals surface area contributed by atoms with Crippen molar-refractivity contribution < 1.29 is 9.90 Å². The molecule has 3 N–H and O–H groups in total. The van der Waals surface area contributed by atoms with Gasteiger partial charge in [0.25, 0.3) is 5.56 Å². The number of carbonyl (C=O) groups excluding carboxylic acids is 1. The molecule has 0 radical (unpaired) electrons. The number of aliphatic hydroxyl groups excluding tert-OH is 1. The van der Waals surface area contributed by atoms with E-state index in [1.54, 1.807) is 6.92 Å². The third kappa shape index (κ3) is 3.56. The van der Waals surface area contributed by atoms with Gasteiger partial charge in [0, 0.05) is 18.3 Å². The Morgan fingerprint density at radius 3 is 2.88 bits per heavy atom. The highest BCUT2D eigenvalue weighted by Crippen LogP contribution is 1.94. The average Bonchev–Trinajstić information content (AvgIpc) is 2.30. The Hall–Kier alpha value is -1.89. The lowest BCUT2D eigenvalue weighted by Crippen LogP contribution is -2.35. The Labute approximate surface area is 97.1 Å². The molecule has 0 aliphatic rings. The van der Waals surface area contributed by atoms with Crippen LogP contribution in [0.3, 0.4) is 0 Å². The van der Waals surface area contributed by atoms with Crippen molar-refractivity contribution in [1.82, 2.24) is 14.9 Å². The SMILES string of the molecule is Cc1cn(CC[C@H](CO)NC=O)c(=O)[nH]c1=O. The molecule has 1 aromatic heterocycles. The van der Waals surface area contributed by atoms with Crippen LogP contribution in [0, 0.1) is 6.92 Å². The Balaban J connectivity index is 2.75. The van der Waals surface area contributed by atoms with Gasteiger partial charge >= 0.3 is 5.69 Å². The Kier molecular flexibility index (Phi) is 4.65. The van der Waals surface area contributed by atoms with Gasteiger partial charge in [0.1, 0.15) is 0 Å². The molecule has 17 heavy (non-hydrogen) atoms. The number of hydrogen-bond acceptors (Lipinski definition) is 4.